The summed E-state index contributed by atoms with van der Waals surface area (Å²) in [6, 6.07) is 0. The van der Waals surface area contributed by atoms with Gasteiger partial charge in [-0.2, -0.15) is 5.01 Å². The zero-order chi connectivity index (χ0) is 12.1. The highest BCUT2D eigenvalue weighted by molar-refractivity contribution is 7.90. The molecule has 0 fully saturated rings. The molecular weight excluding hydrogens is 230 g/mol. The van der Waals surface area contributed by atoms with Gasteiger partial charge in [-0.3, -0.25) is 0 Å². The second kappa shape index (κ2) is 5.19. The van der Waals surface area contributed by atoms with Gasteiger partial charge in [-0.15, -0.1) is 4.91 Å². The van der Waals surface area contributed by atoms with Gasteiger partial charge in [0, 0.05) is 6.26 Å². The highest BCUT2D eigenvalue weighted by Crippen LogP contribution is 1.92. The molecule has 15 heavy (non-hydrogen) atoms. The van der Waals surface area contributed by atoms with Crippen LogP contribution in [-0.4, -0.2) is 48.2 Å². The van der Waals surface area contributed by atoms with Crippen molar-refractivity contribution in [3.8, 4) is 0 Å². The van der Waals surface area contributed by atoms with Gasteiger partial charge in [0.25, 0.3) is 5.96 Å². The van der Waals surface area contributed by atoms with Crippen LogP contribution in [0, 0.1) is 9.81 Å². The van der Waals surface area contributed by atoms with Crippen molar-refractivity contribution in [3.05, 3.63) is 9.81 Å². The first-order valence-electron chi connectivity index (χ1n) is 3.55. The maximum atomic E-state index is 10.7. The molecule has 0 aliphatic heterocycles. The van der Waals surface area contributed by atoms with Crippen molar-refractivity contribution in [3.63, 3.8) is 0 Å². The van der Waals surface area contributed by atoms with Crippen molar-refractivity contribution in [2.45, 2.75) is 0 Å². The van der Waals surface area contributed by atoms with Crippen molar-refractivity contribution in [2.75, 3.05) is 18.6 Å². The van der Waals surface area contributed by atoms with E-state index in [0.29, 0.717) is 5.01 Å². The van der Waals surface area contributed by atoms with Gasteiger partial charge in [0.2, 0.25) is 0 Å². The molecule has 0 aromatic carbocycles. The molecule has 0 radical (unpaired) electrons. The third-order valence-corrected chi connectivity index (χ3v) is 2.15. The second-order valence-electron chi connectivity index (χ2n) is 2.55. The Hall–Kier alpha value is -1.78. The summed E-state index contributed by atoms with van der Waals surface area (Å²) in [5.41, 5.74) is 5.04. The molecule has 10 nitrogen and oxygen atoms in total. The molecule has 0 saturated heterocycles. The highest BCUT2D eigenvalue weighted by atomic mass is 32.2. The molecule has 3 N–H and O–H groups in total. The lowest BCUT2D eigenvalue weighted by molar-refractivity contribution is -0.796. The average molecular weight is 240 g/mol. The predicted molar refractivity (Wildman–Crippen MR) is 49.2 cm³/mol. The maximum Gasteiger partial charge on any atom is 0.391 e. The molecule has 0 rings (SSSR count). The normalized spacial score (nSPS) is 12.2. The van der Waals surface area contributed by atoms with Crippen molar-refractivity contribution in [1.29, 1.82) is 0 Å². The third kappa shape index (κ3) is 6.31. The van der Waals surface area contributed by atoms with Gasteiger partial charge in [-0.1, -0.05) is 0 Å². The first-order chi connectivity index (χ1) is 6.76. The van der Waals surface area contributed by atoms with E-state index in [9.17, 15) is 18.2 Å². The van der Waals surface area contributed by atoms with E-state index in [-0.39, 0.29) is 12.3 Å². The zero-order valence-electron chi connectivity index (χ0n) is 7.77. The number of rotatable bonds is 5. The topological polar surface area (TPSA) is 146 Å². The van der Waals surface area contributed by atoms with Crippen molar-refractivity contribution in [1.82, 2.24) is 5.01 Å². The summed E-state index contributed by atoms with van der Waals surface area (Å²) in [7, 11) is -3.30. The Balaban J connectivity index is 4.51. The van der Waals surface area contributed by atoms with Gasteiger partial charge in [-0.25, -0.2) is 13.6 Å². The first kappa shape index (κ1) is 13.2. The van der Waals surface area contributed by atoms with Crippen LogP contribution in [0.15, 0.2) is 10.4 Å². The SMILES string of the molecule is CS(=O)(=O)CCN(N=O)/C(N)=N/[N+](=O)O. The van der Waals surface area contributed by atoms with Crippen LogP contribution in [0.1, 0.15) is 0 Å². The lowest BCUT2D eigenvalue weighted by Gasteiger charge is -2.09. The lowest BCUT2D eigenvalue weighted by atomic mass is 10.7. The maximum absolute atomic E-state index is 10.7. The fourth-order valence-electron chi connectivity index (χ4n) is 0.589. The van der Waals surface area contributed by atoms with Gasteiger partial charge in [0.05, 0.1) is 17.6 Å². The molecule has 0 heterocycles. The van der Waals surface area contributed by atoms with E-state index in [1.165, 1.54) is 0 Å². The molecule has 0 unspecified atom stereocenters. The number of hydrogen-bond donors (Lipinski definition) is 2. The van der Waals surface area contributed by atoms with Crippen LogP contribution in [0.25, 0.3) is 0 Å². The molecule has 11 heteroatoms. The largest absolute Gasteiger partial charge is 0.391 e. The molecule has 0 aliphatic carbocycles. The molecule has 0 amide bonds. The van der Waals surface area contributed by atoms with E-state index in [4.69, 9.17) is 10.9 Å². The van der Waals surface area contributed by atoms with E-state index in [1.807, 2.05) is 0 Å². The van der Waals surface area contributed by atoms with Gasteiger partial charge in [0.1, 0.15) is 19.8 Å². The molecule has 86 valence electrons. The highest BCUT2D eigenvalue weighted by Gasteiger charge is 2.16. The van der Waals surface area contributed by atoms with Crippen LogP contribution in [-0.2, 0) is 9.84 Å². The summed E-state index contributed by atoms with van der Waals surface area (Å²) in [5, 5.41) is 12.7. The monoisotopic (exact) mass is 240 g/mol. The minimum atomic E-state index is -3.30. The number of sulfone groups is 1. The molecular formula is C4H10N5O5S+. The minimum Gasteiger partial charge on any atom is -0.363 e. The Labute approximate surface area is 84.7 Å². The lowest BCUT2D eigenvalue weighted by Crippen LogP contribution is -2.36. The quantitative estimate of drug-likeness (QED) is 0.255. The van der Waals surface area contributed by atoms with Gasteiger partial charge in [0.15, 0.2) is 0 Å². The number of nitrogens with two attached hydrogens (primary N) is 1. The summed E-state index contributed by atoms with van der Waals surface area (Å²) in [4.78, 5) is 20.2. The van der Waals surface area contributed by atoms with E-state index < -0.39 is 20.8 Å². The minimum absolute atomic E-state index is 0.356. The standard InChI is InChI=1S/C4H10N5O5S/c1-15(13,14)3-2-8(7-10)4(5)6-9(11)12/h2-3H2,1H3,(H2,5,6)(H,11,12)/q+1. The van der Waals surface area contributed by atoms with Crippen LogP contribution >= 0.6 is 0 Å². The van der Waals surface area contributed by atoms with Crippen LogP contribution in [0.5, 0.6) is 0 Å². The first-order valence-corrected chi connectivity index (χ1v) is 5.61. The Morgan fingerprint density at radius 1 is 1.60 bits per heavy atom. The summed E-state index contributed by atoms with van der Waals surface area (Å²) in [6.45, 7) is -0.356. The second-order valence-corrected chi connectivity index (χ2v) is 4.81. The smallest absolute Gasteiger partial charge is 0.363 e. The molecule has 0 bridgehead atoms. The Morgan fingerprint density at radius 3 is 2.47 bits per heavy atom. The third-order valence-electron chi connectivity index (χ3n) is 1.22. The molecule has 0 aliphatic rings. The Kier molecular flexibility index (Phi) is 4.57. The van der Waals surface area contributed by atoms with Crippen LogP contribution in [0.4, 0.5) is 0 Å². The fraction of sp³-hybridized carbons (Fsp3) is 0.750. The van der Waals surface area contributed by atoms with Crippen LogP contribution in [0.2, 0.25) is 0 Å². The summed E-state index contributed by atoms with van der Waals surface area (Å²) < 4.78 is 21.4. The summed E-state index contributed by atoms with van der Waals surface area (Å²) >= 11 is 0. The molecule has 0 saturated carbocycles. The van der Waals surface area contributed by atoms with E-state index in [1.54, 1.807) is 0 Å². The number of hydrazone groups is 1. The van der Waals surface area contributed by atoms with Crippen molar-refractivity contribution in [2.24, 2.45) is 16.1 Å². The summed E-state index contributed by atoms with van der Waals surface area (Å²) in [6.07, 6.45) is 0.954. The van der Waals surface area contributed by atoms with E-state index in [0.717, 1.165) is 6.26 Å². The van der Waals surface area contributed by atoms with Crippen molar-refractivity contribution < 1.29 is 18.7 Å². The van der Waals surface area contributed by atoms with Gasteiger partial charge in [-0.05, 0) is 0 Å². The van der Waals surface area contributed by atoms with Gasteiger partial charge < -0.3 is 5.73 Å². The van der Waals surface area contributed by atoms with Crippen LogP contribution in [0.3, 0.4) is 0 Å². The van der Waals surface area contributed by atoms with E-state index in [2.05, 4.69) is 10.4 Å². The fourth-order valence-corrected chi connectivity index (χ4v) is 1.09. The number of hydrogen-bond acceptors (Lipinski definition) is 5. The average Bonchev–Trinajstić information content (AvgIpc) is 2.01. The van der Waals surface area contributed by atoms with Crippen LogP contribution < -0.4 is 5.73 Å². The molecule has 0 atom stereocenters. The Bertz CT molecular complexity index is 375. The predicted octanol–water partition coefficient (Wildman–Crippen LogP) is -1.59. The van der Waals surface area contributed by atoms with E-state index >= 15 is 0 Å². The molecule has 0 aromatic heterocycles. The Morgan fingerprint density at radius 2 is 2.13 bits per heavy atom. The molecule has 0 aromatic rings. The number of nitroso groups, excluding NO2 is 1. The number of guanidine groups is 1. The number of nitrogens with zero attached hydrogens (tertiary/aromatic N) is 4. The van der Waals surface area contributed by atoms with Gasteiger partial charge >= 0.3 is 5.03 Å². The molecule has 0 spiro atoms. The van der Waals surface area contributed by atoms with Crippen molar-refractivity contribution >= 4 is 15.8 Å². The summed E-state index contributed by atoms with van der Waals surface area (Å²) in [5.74, 6) is -1.09. The zero-order valence-corrected chi connectivity index (χ0v) is 8.59.